The van der Waals surface area contributed by atoms with Crippen LogP contribution in [0.15, 0.2) is 0 Å². The van der Waals surface area contributed by atoms with E-state index in [-0.39, 0.29) is 6.54 Å². The Bertz CT molecular complexity index is 246. The molecule has 15 heavy (non-hydrogen) atoms. The number of ether oxygens (including phenoxy) is 1. The molecule has 0 heterocycles. The Hall–Kier alpha value is -0.480. The number of rotatable bonds is 3. The van der Waals surface area contributed by atoms with Crippen LogP contribution in [-0.2, 0) is 4.74 Å². The molecular weight excluding hydrogens is 218 g/mol. The molecule has 0 radical (unpaired) electrons. The second-order valence-electron chi connectivity index (χ2n) is 4.93. The van der Waals surface area contributed by atoms with Crippen LogP contribution in [0.2, 0.25) is 0 Å². The largest absolute Gasteiger partial charge is 0.444 e. The van der Waals surface area contributed by atoms with Crippen molar-refractivity contribution in [2.75, 3.05) is 6.54 Å². The number of halogens is 1. The van der Waals surface area contributed by atoms with Gasteiger partial charge in [0.1, 0.15) is 5.60 Å². The van der Waals surface area contributed by atoms with E-state index in [2.05, 4.69) is 5.32 Å². The first-order chi connectivity index (χ1) is 6.73. The quantitative estimate of drug-likeness (QED) is 0.732. The van der Waals surface area contributed by atoms with Gasteiger partial charge in [-0.3, -0.25) is 0 Å². The van der Waals surface area contributed by atoms with Gasteiger partial charge in [-0.15, -0.1) is 11.6 Å². The topological polar surface area (TPSA) is 58.6 Å². The van der Waals surface area contributed by atoms with Crippen LogP contribution in [0.4, 0.5) is 4.79 Å². The maximum atomic E-state index is 11.2. The van der Waals surface area contributed by atoms with Gasteiger partial charge in [0.05, 0.1) is 11.0 Å². The number of amides is 1. The fourth-order valence-corrected chi connectivity index (χ4v) is 1.30. The van der Waals surface area contributed by atoms with Crippen LogP contribution in [0.3, 0.4) is 0 Å². The van der Waals surface area contributed by atoms with Crippen molar-refractivity contribution < 1.29 is 14.6 Å². The number of hydrogen-bond acceptors (Lipinski definition) is 3. The van der Waals surface area contributed by atoms with Crippen molar-refractivity contribution in [3.05, 3.63) is 0 Å². The highest BCUT2D eigenvalue weighted by Crippen LogP contribution is 2.45. The average molecular weight is 236 g/mol. The molecule has 0 aliphatic heterocycles. The zero-order chi connectivity index (χ0) is 11.7. The van der Waals surface area contributed by atoms with Gasteiger partial charge in [-0.1, -0.05) is 0 Å². The third kappa shape index (κ3) is 4.26. The lowest BCUT2D eigenvalue weighted by molar-refractivity contribution is 0.0487. The monoisotopic (exact) mass is 235 g/mol. The number of aliphatic hydroxyl groups is 1. The van der Waals surface area contributed by atoms with Crippen LogP contribution in [0.5, 0.6) is 0 Å². The molecule has 0 bridgehead atoms. The summed E-state index contributed by atoms with van der Waals surface area (Å²) in [6, 6.07) is 0. The minimum Gasteiger partial charge on any atom is -0.444 e. The molecule has 0 saturated heterocycles. The molecule has 88 valence electrons. The van der Waals surface area contributed by atoms with Gasteiger partial charge in [-0.05, 0) is 33.6 Å². The first-order valence-corrected chi connectivity index (χ1v) is 5.45. The van der Waals surface area contributed by atoms with E-state index in [1.807, 2.05) is 0 Å². The van der Waals surface area contributed by atoms with Crippen molar-refractivity contribution in [3.8, 4) is 0 Å². The summed E-state index contributed by atoms with van der Waals surface area (Å²) < 4.78 is 5.02. The van der Waals surface area contributed by atoms with Crippen LogP contribution in [0.25, 0.3) is 0 Å². The van der Waals surface area contributed by atoms with Crippen LogP contribution in [0.1, 0.15) is 33.6 Å². The third-order valence-electron chi connectivity index (χ3n) is 2.16. The van der Waals surface area contributed by atoms with Gasteiger partial charge in [0.15, 0.2) is 0 Å². The van der Waals surface area contributed by atoms with Gasteiger partial charge in [0.2, 0.25) is 0 Å². The summed E-state index contributed by atoms with van der Waals surface area (Å²) in [6.45, 7) is 5.49. The predicted octanol–water partition coefficient (Wildman–Crippen LogP) is 1.64. The van der Waals surface area contributed by atoms with Crippen LogP contribution in [0, 0.1) is 0 Å². The molecule has 0 spiro atoms. The SMILES string of the molecule is CC(C)(C)OC(=O)NCC(O)C1(Cl)CC1. The third-order valence-corrected chi connectivity index (χ3v) is 2.79. The lowest BCUT2D eigenvalue weighted by Gasteiger charge is -2.21. The van der Waals surface area contributed by atoms with Gasteiger partial charge >= 0.3 is 6.09 Å². The second-order valence-corrected chi connectivity index (χ2v) is 5.69. The maximum absolute atomic E-state index is 11.2. The Morgan fingerprint density at radius 1 is 1.60 bits per heavy atom. The van der Waals surface area contributed by atoms with Crippen LogP contribution < -0.4 is 5.32 Å². The fraction of sp³-hybridized carbons (Fsp3) is 0.900. The number of alkyl halides is 1. The Labute approximate surface area is 94.9 Å². The number of aliphatic hydroxyl groups excluding tert-OH is 1. The van der Waals surface area contributed by atoms with Crippen LogP contribution in [-0.4, -0.2) is 34.3 Å². The van der Waals surface area contributed by atoms with E-state index in [4.69, 9.17) is 16.3 Å². The van der Waals surface area contributed by atoms with Crippen LogP contribution >= 0.6 is 11.6 Å². The molecular formula is C10H18ClNO3. The molecule has 1 amide bonds. The molecule has 1 aliphatic carbocycles. The van der Waals surface area contributed by atoms with Crippen molar-refractivity contribution in [1.29, 1.82) is 0 Å². The zero-order valence-corrected chi connectivity index (χ0v) is 10.1. The highest BCUT2D eigenvalue weighted by molar-refractivity contribution is 6.26. The predicted molar refractivity (Wildman–Crippen MR) is 58.1 cm³/mol. The maximum Gasteiger partial charge on any atom is 0.407 e. The standard InChI is InChI=1S/C10H18ClNO3/c1-9(2,3)15-8(14)12-6-7(13)10(11)4-5-10/h7,13H,4-6H2,1-3H3,(H,12,14). The normalized spacial score (nSPS) is 20.6. The molecule has 4 nitrogen and oxygen atoms in total. The summed E-state index contributed by atoms with van der Waals surface area (Å²) in [4.78, 5) is 10.7. The van der Waals surface area contributed by atoms with Gasteiger partial charge in [-0.25, -0.2) is 4.79 Å². The summed E-state index contributed by atoms with van der Waals surface area (Å²) in [5.74, 6) is 0. The first-order valence-electron chi connectivity index (χ1n) is 5.07. The molecule has 1 saturated carbocycles. The van der Waals surface area contributed by atoms with Gasteiger partial charge in [0.25, 0.3) is 0 Å². The van der Waals surface area contributed by atoms with Crippen molar-refractivity contribution >= 4 is 17.7 Å². The summed E-state index contributed by atoms with van der Waals surface area (Å²) in [6.07, 6.45) is 0.367. The van der Waals surface area contributed by atoms with Gasteiger partial charge < -0.3 is 15.2 Å². The Morgan fingerprint density at radius 2 is 2.13 bits per heavy atom. The zero-order valence-electron chi connectivity index (χ0n) is 9.34. The van der Waals surface area contributed by atoms with Gasteiger partial charge in [0, 0.05) is 6.54 Å². The summed E-state index contributed by atoms with van der Waals surface area (Å²) in [5, 5.41) is 12.1. The van der Waals surface area contributed by atoms with Crippen molar-refractivity contribution in [3.63, 3.8) is 0 Å². The van der Waals surface area contributed by atoms with E-state index in [1.165, 1.54) is 0 Å². The first kappa shape index (κ1) is 12.6. The molecule has 2 N–H and O–H groups in total. The van der Waals surface area contributed by atoms with E-state index >= 15 is 0 Å². The molecule has 1 atom stereocenters. The minimum atomic E-state index is -0.702. The molecule has 1 aliphatic rings. The Balaban J connectivity index is 2.22. The summed E-state index contributed by atoms with van der Waals surface area (Å²) in [5.41, 5.74) is -0.521. The molecule has 1 unspecified atom stereocenters. The summed E-state index contributed by atoms with van der Waals surface area (Å²) >= 11 is 5.97. The number of alkyl carbamates (subject to hydrolysis) is 1. The van der Waals surface area contributed by atoms with Gasteiger partial charge in [-0.2, -0.15) is 0 Å². The molecule has 1 fully saturated rings. The molecule has 0 aromatic rings. The van der Waals surface area contributed by atoms with Crippen molar-refractivity contribution in [1.82, 2.24) is 5.32 Å². The lowest BCUT2D eigenvalue weighted by atomic mass is 10.2. The summed E-state index contributed by atoms with van der Waals surface area (Å²) in [7, 11) is 0. The highest BCUT2D eigenvalue weighted by Gasteiger charge is 2.47. The molecule has 5 heteroatoms. The lowest BCUT2D eigenvalue weighted by Crippen LogP contribution is -2.40. The van der Waals surface area contributed by atoms with E-state index in [1.54, 1.807) is 20.8 Å². The average Bonchev–Trinajstić information content (AvgIpc) is 2.77. The Morgan fingerprint density at radius 3 is 2.53 bits per heavy atom. The number of nitrogens with one attached hydrogen (secondary N) is 1. The number of carbonyl (C=O) groups is 1. The minimum absolute atomic E-state index is 0.137. The fourth-order valence-electron chi connectivity index (χ4n) is 1.13. The van der Waals surface area contributed by atoms with Crippen molar-refractivity contribution in [2.24, 2.45) is 0 Å². The second kappa shape index (κ2) is 4.18. The Kier molecular flexibility index (Phi) is 3.51. The van der Waals surface area contributed by atoms with E-state index in [0.717, 1.165) is 12.8 Å². The number of carbonyl (C=O) groups excluding carboxylic acids is 1. The van der Waals surface area contributed by atoms with Crippen molar-refractivity contribution in [2.45, 2.75) is 50.2 Å². The van der Waals surface area contributed by atoms with E-state index < -0.39 is 22.7 Å². The molecule has 0 aromatic heterocycles. The van der Waals surface area contributed by atoms with E-state index in [9.17, 15) is 9.90 Å². The molecule has 0 aromatic carbocycles. The highest BCUT2D eigenvalue weighted by atomic mass is 35.5. The van der Waals surface area contributed by atoms with E-state index in [0.29, 0.717) is 0 Å². The molecule has 1 rings (SSSR count). The smallest absolute Gasteiger partial charge is 0.407 e. The number of hydrogen-bond donors (Lipinski definition) is 2.